The summed E-state index contributed by atoms with van der Waals surface area (Å²) in [5.74, 6) is -2.11. The molecular weight excluding hydrogens is 268 g/mol. The molecule has 0 spiro atoms. The molecule has 20 heavy (non-hydrogen) atoms. The van der Waals surface area contributed by atoms with Gasteiger partial charge >= 0.3 is 5.69 Å². The van der Waals surface area contributed by atoms with Crippen molar-refractivity contribution in [1.82, 2.24) is 9.13 Å². The zero-order valence-corrected chi connectivity index (χ0v) is 10.8. The molecule has 0 amide bonds. The minimum absolute atomic E-state index is 0.0857. The molecule has 0 saturated carbocycles. The van der Waals surface area contributed by atoms with Crippen LogP contribution in [0.4, 0.5) is 14.5 Å². The van der Waals surface area contributed by atoms with E-state index in [9.17, 15) is 18.4 Å². The van der Waals surface area contributed by atoms with Crippen molar-refractivity contribution < 1.29 is 8.78 Å². The van der Waals surface area contributed by atoms with Crippen LogP contribution in [0.2, 0.25) is 0 Å². The van der Waals surface area contributed by atoms with Crippen LogP contribution >= 0.6 is 0 Å². The Morgan fingerprint density at radius 3 is 2.60 bits per heavy atom. The van der Waals surface area contributed by atoms with E-state index in [4.69, 9.17) is 5.73 Å². The van der Waals surface area contributed by atoms with Crippen molar-refractivity contribution in [3.8, 4) is 0 Å². The number of anilines is 1. The molecule has 0 aliphatic rings. The number of rotatable bonds is 3. The molecule has 2 N–H and O–H groups in total. The molecule has 0 fully saturated rings. The number of nitrogen functional groups attached to an aromatic ring is 1. The third-order valence-corrected chi connectivity index (χ3v) is 2.96. The van der Waals surface area contributed by atoms with Gasteiger partial charge in [0.25, 0.3) is 5.56 Å². The van der Waals surface area contributed by atoms with Gasteiger partial charge in [-0.3, -0.25) is 13.9 Å². The molecule has 2 aromatic rings. The van der Waals surface area contributed by atoms with Crippen molar-refractivity contribution in [3.63, 3.8) is 0 Å². The molecule has 0 aliphatic heterocycles. The Labute approximate surface area is 112 Å². The molecule has 0 saturated heterocycles. The molecule has 1 aromatic heterocycles. The standard InChI is InChI=1S/C13H13F2N3O2/c1-2-17-7-10(16)12(19)18(13(17)20)6-8-4-3-5-9(14)11(8)15/h3-5,7H,2,6,16H2,1H3. The first kappa shape index (κ1) is 14.0. The molecule has 7 heteroatoms. The Kier molecular flexibility index (Phi) is 3.69. The molecule has 106 valence electrons. The largest absolute Gasteiger partial charge is 0.393 e. The summed E-state index contributed by atoms with van der Waals surface area (Å²) in [6, 6.07) is 3.58. The molecule has 0 atom stereocenters. The normalized spacial score (nSPS) is 10.8. The van der Waals surface area contributed by atoms with E-state index in [0.29, 0.717) is 6.54 Å². The lowest BCUT2D eigenvalue weighted by atomic mass is 10.2. The molecule has 1 heterocycles. The Balaban J connectivity index is 2.60. The van der Waals surface area contributed by atoms with Gasteiger partial charge in [-0.25, -0.2) is 13.6 Å². The van der Waals surface area contributed by atoms with E-state index in [1.165, 1.54) is 22.9 Å². The fourth-order valence-electron chi connectivity index (χ4n) is 1.88. The van der Waals surface area contributed by atoms with Crippen LogP contribution in [-0.2, 0) is 13.1 Å². The monoisotopic (exact) mass is 281 g/mol. The molecule has 5 nitrogen and oxygen atoms in total. The van der Waals surface area contributed by atoms with Crippen molar-refractivity contribution in [2.24, 2.45) is 0 Å². The van der Waals surface area contributed by atoms with E-state index >= 15 is 0 Å². The quantitative estimate of drug-likeness (QED) is 0.910. The number of aromatic nitrogens is 2. The van der Waals surface area contributed by atoms with Gasteiger partial charge < -0.3 is 5.73 Å². The smallest absolute Gasteiger partial charge is 0.331 e. The van der Waals surface area contributed by atoms with Crippen LogP contribution in [0.3, 0.4) is 0 Å². The van der Waals surface area contributed by atoms with Crippen molar-refractivity contribution in [1.29, 1.82) is 0 Å². The van der Waals surface area contributed by atoms with Crippen LogP contribution in [-0.4, -0.2) is 9.13 Å². The molecular formula is C13H13F2N3O2. The first-order valence-electron chi connectivity index (χ1n) is 5.98. The second kappa shape index (κ2) is 5.28. The van der Waals surface area contributed by atoms with Gasteiger partial charge in [-0.05, 0) is 13.0 Å². The van der Waals surface area contributed by atoms with Gasteiger partial charge in [0.15, 0.2) is 11.6 Å². The van der Waals surface area contributed by atoms with E-state index in [0.717, 1.165) is 10.6 Å². The Morgan fingerprint density at radius 1 is 1.25 bits per heavy atom. The van der Waals surface area contributed by atoms with Gasteiger partial charge in [0.2, 0.25) is 0 Å². The zero-order chi connectivity index (χ0) is 14.9. The van der Waals surface area contributed by atoms with Crippen molar-refractivity contribution in [2.75, 3.05) is 5.73 Å². The summed E-state index contributed by atoms with van der Waals surface area (Å²) in [4.78, 5) is 23.9. The van der Waals surface area contributed by atoms with Gasteiger partial charge in [0.1, 0.15) is 5.69 Å². The van der Waals surface area contributed by atoms with Crippen LogP contribution in [0.1, 0.15) is 12.5 Å². The van der Waals surface area contributed by atoms with Crippen molar-refractivity contribution >= 4 is 5.69 Å². The van der Waals surface area contributed by atoms with Crippen LogP contribution in [0.5, 0.6) is 0 Å². The fourth-order valence-corrected chi connectivity index (χ4v) is 1.88. The maximum Gasteiger partial charge on any atom is 0.331 e. The lowest BCUT2D eigenvalue weighted by molar-refractivity contribution is 0.490. The number of halogens is 2. The number of nitrogens with two attached hydrogens (primary N) is 1. The lowest BCUT2D eigenvalue weighted by Gasteiger charge is -2.10. The number of benzene rings is 1. The molecule has 2 rings (SSSR count). The highest BCUT2D eigenvalue weighted by atomic mass is 19.2. The highest BCUT2D eigenvalue weighted by Crippen LogP contribution is 2.11. The lowest BCUT2D eigenvalue weighted by Crippen LogP contribution is -2.40. The SMILES string of the molecule is CCn1cc(N)c(=O)n(Cc2cccc(F)c2F)c1=O. The van der Waals surface area contributed by atoms with E-state index in [1.54, 1.807) is 6.92 Å². The van der Waals surface area contributed by atoms with Gasteiger partial charge in [-0.1, -0.05) is 12.1 Å². The Morgan fingerprint density at radius 2 is 1.95 bits per heavy atom. The van der Waals surface area contributed by atoms with Gasteiger partial charge in [-0.15, -0.1) is 0 Å². The summed E-state index contributed by atoms with van der Waals surface area (Å²) in [5.41, 5.74) is 3.98. The van der Waals surface area contributed by atoms with Gasteiger partial charge in [0, 0.05) is 18.3 Å². The molecule has 0 unspecified atom stereocenters. The van der Waals surface area contributed by atoms with E-state index in [-0.39, 0.29) is 17.8 Å². The third kappa shape index (κ3) is 2.34. The van der Waals surface area contributed by atoms with Gasteiger partial charge in [0.05, 0.1) is 6.54 Å². The number of nitrogens with zero attached hydrogens (tertiary/aromatic N) is 2. The summed E-state index contributed by atoms with van der Waals surface area (Å²) >= 11 is 0. The van der Waals surface area contributed by atoms with Crippen LogP contribution in [0.15, 0.2) is 34.0 Å². The maximum absolute atomic E-state index is 13.6. The highest BCUT2D eigenvalue weighted by Gasteiger charge is 2.13. The molecule has 1 aromatic carbocycles. The first-order valence-corrected chi connectivity index (χ1v) is 5.98. The minimum Gasteiger partial charge on any atom is -0.393 e. The topological polar surface area (TPSA) is 70.0 Å². The summed E-state index contributed by atoms with van der Waals surface area (Å²) in [6.45, 7) is 1.65. The predicted molar refractivity (Wildman–Crippen MR) is 70.5 cm³/mol. The number of aryl methyl sites for hydroxylation is 1. The van der Waals surface area contributed by atoms with E-state index in [2.05, 4.69) is 0 Å². The van der Waals surface area contributed by atoms with Crippen molar-refractivity contribution in [3.05, 3.63) is 62.4 Å². The second-order valence-corrected chi connectivity index (χ2v) is 4.26. The molecule has 0 bridgehead atoms. The predicted octanol–water partition coefficient (Wildman–Crippen LogP) is 0.939. The average molecular weight is 281 g/mol. The minimum atomic E-state index is -1.08. The summed E-state index contributed by atoms with van der Waals surface area (Å²) in [5, 5.41) is 0. The Hall–Kier alpha value is -2.44. The maximum atomic E-state index is 13.6. The molecule has 0 aliphatic carbocycles. The van der Waals surface area contributed by atoms with Crippen molar-refractivity contribution in [2.45, 2.75) is 20.0 Å². The summed E-state index contributed by atoms with van der Waals surface area (Å²) in [6.07, 6.45) is 1.24. The summed E-state index contributed by atoms with van der Waals surface area (Å²) in [7, 11) is 0. The third-order valence-electron chi connectivity index (χ3n) is 2.96. The van der Waals surface area contributed by atoms with Crippen LogP contribution in [0, 0.1) is 11.6 Å². The first-order chi connectivity index (χ1) is 9.45. The second-order valence-electron chi connectivity index (χ2n) is 4.26. The number of hydrogen-bond donors (Lipinski definition) is 1. The highest BCUT2D eigenvalue weighted by molar-refractivity contribution is 5.31. The fraction of sp³-hybridized carbons (Fsp3) is 0.231. The average Bonchev–Trinajstić information content (AvgIpc) is 2.43. The van der Waals surface area contributed by atoms with Crippen LogP contribution < -0.4 is 17.0 Å². The van der Waals surface area contributed by atoms with E-state index < -0.39 is 22.9 Å². The molecule has 0 radical (unpaired) electrons. The zero-order valence-electron chi connectivity index (χ0n) is 10.8. The summed E-state index contributed by atoms with van der Waals surface area (Å²) < 4.78 is 28.8. The Bertz CT molecular complexity index is 765. The van der Waals surface area contributed by atoms with Gasteiger partial charge in [-0.2, -0.15) is 0 Å². The van der Waals surface area contributed by atoms with Crippen LogP contribution in [0.25, 0.3) is 0 Å². The van der Waals surface area contributed by atoms with E-state index in [1.807, 2.05) is 0 Å². The number of hydrogen-bond acceptors (Lipinski definition) is 3.